The number of hydrogen-bond acceptors (Lipinski definition) is 16. The molecule has 20 nitrogen and oxygen atoms in total. The van der Waals surface area contributed by atoms with Gasteiger partial charge in [0, 0.05) is 74.3 Å². The van der Waals surface area contributed by atoms with Gasteiger partial charge in [0.2, 0.25) is 23.7 Å². The maximum atomic E-state index is 14.6. The molecular formula is C53H73N13O7S. The Bertz CT molecular complexity index is 2930. The monoisotopic (exact) mass is 1040 g/mol. The molecule has 1 unspecified atom stereocenters. The predicted molar refractivity (Wildman–Crippen MR) is 284 cm³/mol. The number of aromatic nitrogens is 6. The number of likely N-dealkylation sites (N-methyl/N-ethyl adjacent to an activating group) is 1. The van der Waals surface area contributed by atoms with E-state index in [-0.39, 0.29) is 53.9 Å². The highest BCUT2D eigenvalue weighted by Crippen LogP contribution is 2.38. The molecule has 398 valence electrons. The number of aryl methyl sites for hydroxylation is 2. The van der Waals surface area contributed by atoms with E-state index in [9.17, 15) is 22.8 Å². The van der Waals surface area contributed by atoms with Gasteiger partial charge in [-0.2, -0.15) is 5.10 Å². The summed E-state index contributed by atoms with van der Waals surface area (Å²) in [6.45, 7) is 20.3. The number of carbonyl (C=O) groups excluding carboxylic acids is 3. The number of likely N-dealkylation sites (tertiary alicyclic amines) is 1. The first kappa shape index (κ1) is 53.8. The van der Waals surface area contributed by atoms with Gasteiger partial charge in [-0.25, -0.2) is 28.4 Å². The first-order valence-corrected chi connectivity index (χ1v) is 27.2. The Kier molecular flexibility index (Phi) is 16.1. The van der Waals surface area contributed by atoms with Crippen LogP contribution in [0.5, 0.6) is 11.5 Å². The normalized spacial score (nSPS) is 19.4. The average molecular weight is 1040 g/mol. The molecule has 0 spiro atoms. The van der Waals surface area contributed by atoms with E-state index in [1.54, 1.807) is 64.2 Å². The van der Waals surface area contributed by atoms with Gasteiger partial charge >= 0.3 is 0 Å². The first-order chi connectivity index (χ1) is 35.1. The smallest absolute Gasteiger partial charge is 0.246 e. The lowest BCUT2D eigenvalue weighted by molar-refractivity contribution is -0.144. The van der Waals surface area contributed by atoms with E-state index in [2.05, 4.69) is 79.4 Å². The van der Waals surface area contributed by atoms with Gasteiger partial charge in [-0.1, -0.05) is 45.0 Å². The molecule has 21 heteroatoms. The molecule has 3 amide bonds. The largest absolute Gasteiger partial charge is 0.491 e. The molecule has 5 N–H and O–H groups in total. The number of anilines is 3. The standard InChI is InChI=1S/C53H73N13O7S/c1-32-33(2)62-63-46(32)61-47-40-25-44(74(70,71)53(7,8)9)43(26-41(40)58-31-59-47)72-23-22-64-18-20-65(21-19-64)51-56-28-38(29-57-51)73-37-24-42(49(68)55-27-36-16-13-15-35-14-11-12-17-39(35)36)66(30-37)50(69)45(52(4,5)6)60-48(67)34(3)54-10/h11-12,14,17,25-26,28-29,31,34,36-37,42,45,54H,13,15-16,18-24,27,30H2,1-10H3,(H,55,68)(H,60,67)(H2,58,59,61,62,63)/t34-,36?,37-,42-,45+/m0/s1. The van der Waals surface area contributed by atoms with Gasteiger partial charge in [0.15, 0.2) is 21.4 Å². The topological polar surface area (TPSA) is 242 Å². The number of rotatable bonds is 17. The predicted octanol–water partition coefficient (Wildman–Crippen LogP) is 5.00. The number of ether oxygens (including phenoxy) is 2. The van der Waals surface area contributed by atoms with Crippen molar-refractivity contribution in [3.63, 3.8) is 0 Å². The zero-order valence-electron chi connectivity index (χ0n) is 44.4. The fourth-order valence-corrected chi connectivity index (χ4v) is 11.0. The Balaban J connectivity index is 0.894. The van der Waals surface area contributed by atoms with Crippen molar-refractivity contribution in [1.82, 2.24) is 55.9 Å². The molecule has 74 heavy (non-hydrogen) atoms. The highest BCUT2D eigenvalue weighted by molar-refractivity contribution is 7.92. The Morgan fingerprint density at radius 2 is 1.68 bits per heavy atom. The van der Waals surface area contributed by atoms with E-state index in [1.165, 1.54) is 17.5 Å². The van der Waals surface area contributed by atoms with Crippen molar-refractivity contribution in [2.75, 3.05) is 69.7 Å². The summed E-state index contributed by atoms with van der Waals surface area (Å²) < 4.78 is 39.7. The molecule has 5 atom stereocenters. The Morgan fingerprint density at radius 1 is 0.946 bits per heavy atom. The zero-order valence-corrected chi connectivity index (χ0v) is 45.2. The molecule has 0 saturated carbocycles. The van der Waals surface area contributed by atoms with Gasteiger partial charge in [-0.3, -0.25) is 24.4 Å². The zero-order chi connectivity index (χ0) is 53.1. The van der Waals surface area contributed by atoms with Crippen LogP contribution < -0.4 is 35.6 Å². The van der Waals surface area contributed by atoms with Crippen molar-refractivity contribution in [3.05, 3.63) is 77.5 Å². The third-order valence-corrected chi connectivity index (χ3v) is 17.1. The second kappa shape index (κ2) is 22.2. The van der Waals surface area contributed by atoms with Gasteiger partial charge in [0.1, 0.15) is 47.6 Å². The highest BCUT2D eigenvalue weighted by Gasteiger charge is 2.46. The summed E-state index contributed by atoms with van der Waals surface area (Å²) in [6, 6.07) is 9.39. The van der Waals surface area contributed by atoms with Crippen molar-refractivity contribution in [2.45, 2.75) is 128 Å². The minimum atomic E-state index is -3.86. The minimum Gasteiger partial charge on any atom is -0.491 e. The second-order valence-electron chi connectivity index (χ2n) is 21.8. The third kappa shape index (κ3) is 11.9. The number of carbonyl (C=O) groups is 3. The van der Waals surface area contributed by atoms with E-state index in [0.29, 0.717) is 73.5 Å². The van der Waals surface area contributed by atoms with E-state index >= 15 is 0 Å². The van der Waals surface area contributed by atoms with E-state index in [1.807, 2.05) is 40.7 Å². The summed E-state index contributed by atoms with van der Waals surface area (Å²) in [6.07, 6.45) is 7.40. The molecule has 5 aromatic rings. The summed E-state index contributed by atoms with van der Waals surface area (Å²) in [5.41, 5.74) is 4.25. The molecule has 2 aliphatic heterocycles. The molecule has 5 heterocycles. The number of piperazine rings is 1. The Labute approximate surface area is 434 Å². The van der Waals surface area contributed by atoms with Crippen LogP contribution in [-0.4, -0.2) is 155 Å². The van der Waals surface area contributed by atoms with Crippen LogP contribution in [-0.2, 0) is 30.6 Å². The van der Waals surface area contributed by atoms with Crippen LogP contribution in [0.4, 0.5) is 17.6 Å². The van der Waals surface area contributed by atoms with Crippen LogP contribution in [0.2, 0.25) is 0 Å². The van der Waals surface area contributed by atoms with Crippen LogP contribution >= 0.6 is 0 Å². The quantitative estimate of drug-likeness (QED) is 0.0823. The average Bonchev–Trinajstić information content (AvgIpc) is 3.94. The molecule has 0 radical (unpaired) electrons. The lowest BCUT2D eigenvalue weighted by atomic mass is 9.83. The maximum Gasteiger partial charge on any atom is 0.246 e. The molecule has 2 fully saturated rings. The van der Waals surface area contributed by atoms with Crippen molar-refractivity contribution in [2.24, 2.45) is 5.41 Å². The Hall–Kier alpha value is -6.45. The number of nitrogens with zero attached hydrogens (tertiary/aromatic N) is 8. The number of H-pyrrole nitrogens is 1. The number of fused-ring (bicyclic) bond motifs is 2. The SMILES string of the molecule is CN[C@@H](C)C(=O)N[C@H](C(=O)N1C[C@@H](Oc2cnc(N3CCN(CCOc4cc5ncnc(Nc6n[nH]c(C)c6C)c5cc4S(=O)(=O)C(C)(C)C)CC3)nc2)C[C@H]1C(=O)NCC1CCCc2ccccc21)C(C)(C)C. The van der Waals surface area contributed by atoms with Crippen molar-refractivity contribution in [1.29, 1.82) is 0 Å². The maximum absolute atomic E-state index is 14.6. The van der Waals surface area contributed by atoms with Gasteiger partial charge in [0.25, 0.3) is 0 Å². The fraction of sp³-hybridized carbons (Fsp3) is 0.547. The van der Waals surface area contributed by atoms with Gasteiger partial charge in [-0.15, -0.1) is 0 Å². The second-order valence-corrected chi connectivity index (χ2v) is 24.5. The van der Waals surface area contributed by atoms with Crippen LogP contribution in [0.1, 0.15) is 96.0 Å². The fourth-order valence-electron chi connectivity index (χ4n) is 9.71. The molecule has 3 aromatic heterocycles. The molecule has 2 saturated heterocycles. The van der Waals surface area contributed by atoms with Crippen LogP contribution in [0.25, 0.3) is 10.9 Å². The highest BCUT2D eigenvalue weighted by atomic mass is 32.2. The van der Waals surface area contributed by atoms with Crippen LogP contribution in [0.3, 0.4) is 0 Å². The molecule has 2 aromatic carbocycles. The summed E-state index contributed by atoms with van der Waals surface area (Å²) >= 11 is 0. The van der Waals surface area contributed by atoms with Crippen molar-refractivity contribution < 1.29 is 32.3 Å². The molecule has 8 rings (SSSR count). The minimum absolute atomic E-state index is 0.0648. The molecule has 3 aliphatic rings. The van der Waals surface area contributed by atoms with Gasteiger partial charge < -0.3 is 40.5 Å². The Morgan fingerprint density at radius 3 is 2.35 bits per heavy atom. The number of benzene rings is 2. The number of hydrogen-bond donors (Lipinski definition) is 5. The molecular weight excluding hydrogens is 963 g/mol. The number of aromatic amines is 1. The summed E-state index contributed by atoms with van der Waals surface area (Å²) in [5, 5.41) is 20.1. The van der Waals surface area contributed by atoms with Crippen LogP contribution in [0, 0.1) is 19.3 Å². The number of sulfone groups is 1. The molecule has 1 aliphatic carbocycles. The number of amides is 3. The van der Waals surface area contributed by atoms with Gasteiger partial charge in [0.05, 0.1) is 35.2 Å². The summed E-state index contributed by atoms with van der Waals surface area (Å²) in [5.74, 6) is 1.46. The van der Waals surface area contributed by atoms with Crippen LogP contribution in [0.15, 0.2) is 60.0 Å². The first-order valence-electron chi connectivity index (χ1n) is 25.7. The van der Waals surface area contributed by atoms with Crippen molar-refractivity contribution in [3.8, 4) is 11.5 Å². The summed E-state index contributed by atoms with van der Waals surface area (Å²) in [4.78, 5) is 66.1. The third-order valence-electron chi connectivity index (χ3n) is 14.6. The lowest BCUT2D eigenvalue weighted by Gasteiger charge is -2.36. The van der Waals surface area contributed by atoms with E-state index < -0.39 is 44.2 Å². The molecule has 0 bridgehead atoms. The van der Waals surface area contributed by atoms with E-state index in [4.69, 9.17) is 9.47 Å². The lowest BCUT2D eigenvalue weighted by Crippen LogP contribution is -2.59. The summed E-state index contributed by atoms with van der Waals surface area (Å²) in [7, 11) is -2.17. The number of nitrogens with one attached hydrogen (secondary N) is 5. The van der Waals surface area contributed by atoms with Crippen molar-refractivity contribution >= 4 is 56.0 Å². The van der Waals surface area contributed by atoms with Gasteiger partial charge in [-0.05, 0) is 90.5 Å². The van der Waals surface area contributed by atoms with E-state index in [0.717, 1.165) is 30.5 Å².